The fraction of sp³-hybridized carbons (Fsp3) is 0. The molecule has 0 unspecified atom stereocenters. The zero-order chi connectivity index (χ0) is 14.9. The van der Waals surface area contributed by atoms with Gasteiger partial charge in [0.25, 0.3) is 10.0 Å². The summed E-state index contributed by atoms with van der Waals surface area (Å²) in [7, 11) is -3.72. The number of hydrogen-bond acceptors (Lipinski definition) is 3. The van der Waals surface area contributed by atoms with Gasteiger partial charge in [-0.25, -0.2) is 8.42 Å². The molecule has 0 spiro atoms. The molecule has 8 heteroatoms. The molecular weight excluding hydrogens is 387 g/mol. The Labute approximate surface area is 135 Å². The average Bonchev–Trinajstić information content (AvgIpc) is 2.37. The van der Waals surface area contributed by atoms with Gasteiger partial charge in [-0.2, -0.15) is 0 Å². The molecule has 0 saturated carbocycles. The number of sulfonamides is 1. The summed E-state index contributed by atoms with van der Waals surface area (Å²) >= 11 is 14.8. The third-order valence-corrected chi connectivity index (χ3v) is 5.26. The lowest BCUT2D eigenvalue weighted by molar-refractivity contribution is 0.601. The van der Waals surface area contributed by atoms with Gasteiger partial charge in [-0.05, 0) is 52.3 Å². The molecule has 3 N–H and O–H groups in total. The Morgan fingerprint density at radius 1 is 1.05 bits per heavy atom. The molecule has 0 aliphatic heterocycles. The number of nitrogens with two attached hydrogens (primary N) is 1. The molecule has 0 saturated heterocycles. The normalized spacial score (nSPS) is 11.3. The van der Waals surface area contributed by atoms with Crippen molar-refractivity contribution in [1.29, 1.82) is 0 Å². The quantitative estimate of drug-likeness (QED) is 0.767. The van der Waals surface area contributed by atoms with Crippen LogP contribution in [0.4, 0.5) is 11.4 Å². The second kappa shape index (κ2) is 5.81. The fourth-order valence-corrected chi connectivity index (χ4v) is 3.35. The second-order valence-corrected chi connectivity index (χ2v) is 7.27. The summed E-state index contributed by atoms with van der Waals surface area (Å²) in [5.74, 6) is 0. The molecule has 0 bridgehead atoms. The molecule has 0 aromatic heterocycles. The highest BCUT2D eigenvalue weighted by molar-refractivity contribution is 9.10. The van der Waals surface area contributed by atoms with Gasteiger partial charge in [0.1, 0.15) is 0 Å². The van der Waals surface area contributed by atoms with Gasteiger partial charge < -0.3 is 5.73 Å². The van der Waals surface area contributed by atoms with Crippen molar-refractivity contribution in [3.8, 4) is 0 Å². The lowest BCUT2D eigenvalue weighted by Crippen LogP contribution is -2.13. The number of halogens is 3. The molecule has 4 nitrogen and oxygen atoms in total. The van der Waals surface area contributed by atoms with Crippen molar-refractivity contribution in [2.75, 3.05) is 10.5 Å². The highest BCUT2D eigenvalue weighted by Gasteiger charge is 2.15. The average molecular weight is 396 g/mol. The topological polar surface area (TPSA) is 72.2 Å². The SMILES string of the molecule is Nc1ccc(S(=O)(=O)Nc2ccc(Cl)c(Cl)c2)cc1Br. The van der Waals surface area contributed by atoms with Crippen molar-refractivity contribution in [2.45, 2.75) is 4.90 Å². The van der Waals surface area contributed by atoms with E-state index >= 15 is 0 Å². The maximum Gasteiger partial charge on any atom is 0.261 e. The summed E-state index contributed by atoms with van der Waals surface area (Å²) in [5, 5.41) is 0.621. The molecule has 20 heavy (non-hydrogen) atoms. The summed E-state index contributed by atoms with van der Waals surface area (Å²) in [6.45, 7) is 0. The molecule has 2 aromatic carbocycles. The smallest absolute Gasteiger partial charge is 0.261 e. The van der Waals surface area contributed by atoms with E-state index < -0.39 is 10.0 Å². The lowest BCUT2D eigenvalue weighted by atomic mass is 10.3. The largest absolute Gasteiger partial charge is 0.398 e. The first-order valence-electron chi connectivity index (χ1n) is 5.32. The summed E-state index contributed by atoms with van der Waals surface area (Å²) < 4.78 is 27.4. The van der Waals surface area contributed by atoms with Gasteiger partial charge in [0.2, 0.25) is 0 Å². The van der Waals surface area contributed by atoms with Gasteiger partial charge in [-0.15, -0.1) is 0 Å². The number of benzene rings is 2. The van der Waals surface area contributed by atoms with Gasteiger partial charge >= 0.3 is 0 Å². The molecule has 0 atom stereocenters. The van der Waals surface area contributed by atoms with E-state index in [4.69, 9.17) is 28.9 Å². The van der Waals surface area contributed by atoms with Crippen LogP contribution in [0.1, 0.15) is 0 Å². The van der Waals surface area contributed by atoms with Gasteiger partial charge in [0.05, 0.1) is 20.6 Å². The van der Waals surface area contributed by atoms with Crippen molar-refractivity contribution in [3.05, 3.63) is 50.9 Å². The van der Waals surface area contributed by atoms with Crippen molar-refractivity contribution >= 4 is 60.5 Å². The lowest BCUT2D eigenvalue weighted by Gasteiger charge is -2.10. The van der Waals surface area contributed by atoms with Crippen LogP contribution in [0.25, 0.3) is 0 Å². The predicted molar refractivity (Wildman–Crippen MR) is 85.8 cm³/mol. The molecule has 2 rings (SSSR count). The molecule has 0 radical (unpaired) electrons. The fourth-order valence-electron chi connectivity index (χ4n) is 1.45. The summed E-state index contributed by atoms with van der Waals surface area (Å²) in [5.41, 5.74) is 6.41. The van der Waals surface area contributed by atoms with Crippen molar-refractivity contribution in [2.24, 2.45) is 0 Å². The Morgan fingerprint density at radius 2 is 1.75 bits per heavy atom. The van der Waals surface area contributed by atoms with E-state index in [0.717, 1.165) is 0 Å². The Balaban J connectivity index is 2.35. The van der Waals surface area contributed by atoms with E-state index in [2.05, 4.69) is 20.7 Å². The van der Waals surface area contributed by atoms with Crippen molar-refractivity contribution in [1.82, 2.24) is 0 Å². The van der Waals surface area contributed by atoms with E-state index in [1.807, 2.05) is 0 Å². The van der Waals surface area contributed by atoms with Crippen LogP contribution in [0.2, 0.25) is 10.0 Å². The molecule has 0 aliphatic rings. The van der Waals surface area contributed by atoms with Crippen LogP contribution in [0.3, 0.4) is 0 Å². The third kappa shape index (κ3) is 3.38. The number of hydrogen-bond donors (Lipinski definition) is 2. The van der Waals surface area contributed by atoms with Gasteiger partial charge in [0, 0.05) is 10.2 Å². The summed E-state index contributed by atoms with van der Waals surface area (Å²) in [4.78, 5) is 0.0876. The highest BCUT2D eigenvalue weighted by atomic mass is 79.9. The maximum absolute atomic E-state index is 12.2. The number of anilines is 2. The number of nitrogen functional groups attached to an aromatic ring is 1. The minimum atomic E-state index is -3.72. The first-order chi connectivity index (χ1) is 9.29. The van der Waals surface area contributed by atoms with Crippen LogP contribution < -0.4 is 10.5 Å². The Bertz CT molecular complexity index is 766. The standard InChI is InChI=1S/C12H9BrCl2N2O2S/c13-9-6-8(2-4-12(9)16)20(18,19)17-7-1-3-10(14)11(15)5-7/h1-6,17H,16H2. The number of rotatable bonds is 3. The van der Waals surface area contributed by atoms with E-state index in [-0.39, 0.29) is 9.92 Å². The Morgan fingerprint density at radius 3 is 2.35 bits per heavy atom. The first kappa shape index (κ1) is 15.4. The van der Waals surface area contributed by atoms with Gasteiger partial charge in [-0.1, -0.05) is 23.2 Å². The third-order valence-electron chi connectivity index (χ3n) is 2.45. The Kier molecular flexibility index (Phi) is 4.49. The monoisotopic (exact) mass is 394 g/mol. The number of nitrogens with one attached hydrogen (secondary N) is 1. The molecule has 2 aromatic rings. The van der Waals surface area contributed by atoms with E-state index in [0.29, 0.717) is 20.9 Å². The minimum Gasteiger partial charge on any atom is -0.398 e. The Hall–Kier alpha value is -0.950. The van der Waals surface area contributed by atoms with E-state index in [1.165, 1.54) is 36.4 Å². The predicted octanol–water partition coefficient (Wildman–Crippen LogP) is 4.14. The highest BCUT2D eigenvalue weighted by Crippen LogP contribution is 2.28. The molecule has 0 fully saturated rings. The zero-order valence-corrected chi connectivity index (χ0v) is 13.8. The summed E-state index contributed by atoms with van der Waals surface area (Å²) in [6, 6.07) is 8.83. The van der Waals surface area contributed by atoms with E-state index in [9.17, 15) is 8.42 Å². The minimum absolute atomic E-state index is 0.0876. The van der Waals surface area contributed by atoms with Crippen LogP contribution in [-0.4, -0.2) is 8.42 Å². The molecule has 0 aliphatic carbocycles. The maximum atomic E-state index is 12.2. The molecular formula is C12H9BrCl2N2O2S. The zero-order valence-electron chi connectivity index (χ0n) is 9.90. The van der Waals surface area contributed by atoms with Crippen molar-refractivity contribution in [3.63, 3.8) is 0 Å². The van der Waals surface area contributed by atoms with Crippen LogP contribution in [-0.2, 0) is 10.0 Å². The first-order valence-corrected chi connectivity index (χ1v) is 8.36. The molecule has 0 heterocycles. The van der Waals surface area contributed by atoms with Gasteiger partial charge in [-0.3, -0.25) is 4.72 Å². The second-order valence-electron chi connectivity index (χ2n) is 3.92. The van der Waals surface area contributed by atoms with Crippen LogP contribution >= 0.6 is 39.1 Å². The van der Waals surface area contributed by atoms with Crippen LogP contribution in [0.5, 0.6) is 0 Å². The van der Waals surface area contributed by atoms with E-state index in [1.54, 1.807) is 0 Å². The summed E-state index contributed by atoms with van der Waals surface area (Å²) in [6.07, 6.45) is 0. The molecule has 106 valence electrons. The van der Waals surface area contributed by atoms with Crippen LogP contribution in [0.15, 0.2) is 45.8 Å². The van der Waals surface area contributed by atoms with Crippen LogP contribution in [0, 0.1) is 0 Å². The van der Waals surface area contributed by atoms with Gasteiger partial charge in [0.15, 0.2) is 0 Å². The van der Waals surface area contributed by atoms with Crippen molar-refractivity contribution < 1.29 is 8.42 Å². The molecule has 0 amide bonds.